The lowest BCUT2D eigenvalue weighted by atomic mass is 10.1. The molecule has 0 bridgehead atoms. The molecule has 0 aliphatic rings. The van der Waals surface area contributed by atoms with Gasteiger partial charge in [0.2, 0.25) is 5.91 Å². The number of aromatic nitrogens is 4. The SMILES string of the molecule is Cc1cc(C)c2c(n1)nn1c(C)c(CCC(=O)NC(C)c3cccs3)c(C)nc21. The van der Waals surface area contributed by atoms with E-state index in [9.17, 15) is 4.79 Å². The molecule has 0 fully saturated rings. The van der Waals surface area contributed by atoms with Gasteiger partial charge in [-0.1, -0.05) is 6.07 Å². The average Bonchev–Trinajstić information content (AvgIpc) is 3.29. The smallest absolute Gasteiger partial charge is 0.220 e. The van der Waals surface area contributed by atoms with Gasteiger partial charge in [0.05, 0.1) is 11.4 Å². The van der Waals surface area contributed by atoms with E-state index in [-0.39, 0.29) is 11.9 Å². The Balaban J connectivity index is 1.60. The third kappa shape index (κ3) is 3.62. The largest absolute Gasteiger partial charge is 0.349 e. The van der Waals surface area contributed by atoms with Gasteiger partial charge in [-0.3, -0.25) is 4.79 Å². The van der Waals surface area contributed by atoms with Gasteiger partial charge in [-0.2, -0.15) is 0 Å². The lowest BCUT2D eigenvalue weighted by molar-refractivity contribution is -0.121. The van der Waals surface area contributed by atoms with Crippen LogP contribution in [0.1, 0.15) is 52.5 Å². The molecular formula is C22H25N5OS. The van der Waals surface area contributed by atoms with E-state index in [1.165, 1.54) is 0 Å². The molecule has 1 N–H and O–H groups in total. The van der Waals surface area contributed by atoms with Crippen LogP contribution in [-0.4, -0.2) is 25.5 Å². The molecule has 4 aromatic heterocycles. The molecule has 29 heavy (non-hydrogen) atoms. The highest BCUT2D eigenvalue weighted by Gasteiger charge is 2.18. The summed E-state index contributed by atoms with van der Waals surface area (Å²) in [6, 6.07) is 6.13. The molecule has 6 nitrogen and oxygen atoms in total. The molecule has 7 heteroatoms. The van der Waals surface area contributed by atoms with Gasteiger partial charge in [-0.05, 0) is 69.7 Å². The van der Waals surface area contributed by atoms with E-state index in [4.69, 9.17) is 10.1 Å². The van der Waals surface area contributed by atoms with Gasteiger partial charge < -0.3 is 5.32 Å². The zero-order valence-corrected chi connectivity index (χ0v) is 18.2. The Labute approximate surface area is 174 Å². The van der Waals surface area contributed by atoms with Crippen molar-refractivity contribution in [3.8, 4) is 0 Å². The molecule has 0 radical (unpaired) electrons. The van der Waals surface area contributed by atoms with Gasteiger partial charge in [0.15, 0.2) is 11.3 Å². The van der Waals surface area contributed by atoms with Gasteiger partial charge in [-0.15, -0.1) is 16.4 Å². The van der Waals surface area contributed by atoms with Crippen molar-refractivity contribution in [1.82, 2.24) is 24.9 Å². The van der Waals surface area contributed by atoms with E-state index in [0.717, 1.165) is 49.8 Å². The van der Waals surface area contributed by atoms with Crippen LogP contribution in [-0.2, 0) is 11.2 Å². The topological polar surface area (TPSA) is 72.2 Å². The van der Waals surface area contributed by atoms with Crippen molar-refractivity contribution in [2.45, 2.75) is 53.5 Å². The standard InChI is InChI=1S/C22H25N5OS/c1-12-11-13(2)23-21-20(12)22-25-14(3)17(16(5)27(22)26-21)8-9-19(28)24-15(4)18-7-6-10-29-18/h6-7,10-11,15H,8-9H2,1-5H3,(H,24,28). The maximum absolute atomic E-state index is 12.5. The van der Waals surface area contributed by atoms with E-state index >= 15 is 0 Å². The molecule has 1 atom stereocenters. The minimum atomic E-state index is 0.0269. The highest BCUT2D eigenvalue weighted by molar-refractivity contribution is 7.10. The Bertz CT molecular complexity index is 1210. The minimum Gasteiger partial charge on any atom is -0.349 e. The molecule has 0 aromatic carbocycles. The van der Waals surface area contributed by atoms with Crippen LogP contribution < -0.4 is 5.32 Å². The van der Waals surface area contributed by atoms with E-state index in [1.54, 1.807) is 11.3 Å². The number of thiophene rings is 1. The van der Waals surface area contributed by atoms with Crippen LogP contribution >= 0.6 is 11.3 Å². The fraction of sp³-hybridized carbons (Fsp3) is 0.364. The number of hydrogen-bond acceptors (Lipinski definition) is 5. The number of fused-ring (bicyclic) bond motifs is 3. The molecule has 4 heterocycles. The molecule has 0 aliphatic heterocycles. The summed E-state index contributed by atoms with van der Waals surface area (Å²) in [6.45, 7) is 10.1. The fourth-order valence-corrected chi connectivity index (χ4v) is 4.62. The monoisotopic (exact) mass is 407 g/mol. The number of rotatable bonds is 5. The quantitative estimate of drug-likeness (QED) is 0.533. The predicted octanol–water partition coefficient (Wildman–Crippen LogP) is 4.38. The van der Waals surface area contributed by atoms with E-state index in [2.05, 4.69) is 23.3 Å². The van der Waals surface area contributed by atoms with Crippen molar-refractivity contribution in [2.24, 2.45) is 0 Å². The first-order valence-electron chi connectivity index (χ1n) is 9.80. The maximum Gasteiger partial charge on any atom is 0.220 e. The molecule has 0 aliphatic carbocycles. The lowest BCUT2D eigenvalue weighted by Crippen LogP contribution is -2.26. The molecular weight excluding hydrogens is 382 g/mol. The zero-order chi connectivity index (χ0) is 20.7. The first kappa shape index (κ1) is 19.5. The molecule has 4 rings (SSSR count). The number of amides is 1. The van der Waals surface area contributed by atoms with Crippen LogP contribution in [0.4, 0.5) is 0 Å². The van der Waals surface area contributed by atoms with E-state index < -0.39 is 0 Å². The van der Waals surface area contributed by atoms with E-state index in [1.807, 2.05) is 49.7 Å². The number of nitrogens with zero attached hydrogens (tertiary/aromatic N) is 4. The first-order chi connectivity index (χ1) is 13.8. The molecule has 1 unspecified atom stereocenters. The normalized spacial score (nSPS) is 12.6. The highest BCUT2D eigenvalue weighted by atomic mass is 32.1. The Hall–Kier alpha value is -2.80. The molecule has 0 spiro atoms. The average molecular weight is 408 g/mol. The molecule has 150 valence electrons. The van der Waals surface area contributed by atoms with Crippen LogP contribution in [0.25, 0.3) is 16.7 Å². The second-order valence-electron chi connectivity index (χ2n) is 7.58. The lowest BCUT2D eigenvalue weighted by Gasteiger charge is -2.14. The van der Waals surface area contributed by atoms with Crippen molar-refractivity contribution < 1.29 is 4.79 Å². The van der Waals surface area contributed by atoms with Gasteiger partial charge in [0.1, 0.15) is 0 Å². The van der Waals surface area contributed by atoms with Crippen LogP contribution in [0, 0.1) is 27.7 Å². The Morgan fingerprint density at radius 2 is 2.03 bits per heavy atom. The molecule has 4 aromatic rings. The summed E-state index contributed by atoms with van der Waals surface area (Å²) < 4.78 is 1.87. The van der Waals surface area contributed by atoms with Gasteiger partial charge >= 0.3 is 0 Å². The second-order valence-corrected chi connectivity index (χ2v) is 8.56. The van der Waals surface area contributed by atoms with Crippen molar-refractivity contribution in [2.75, 3.05) is 0 Å². The Morgan fingerprint density at radius 3 is 2.76 bits per heavy atom. The number of hydrogen-bond donors (Lipinski definition) is 1. The van der Waals surface area contributed by atoms with Crippen molar-refractivity contribution in [1.29, 1.82) is 0 Å². The summed E-state index contributed by atoms with van der Waals surface area (Å²) in [4.78, 5) is 23.0. The predicted molar refractivity (Wildman–Crippen MR) is 116 cm³/mol. The number of pyridine rings is 1. The highest BCUT2D eigenvalue weighted by Crippen LogP contribution is 2.25. The summed E-state index contributed by atoms with van der Waals surface area (Å²) in [5, 5.41) is 10.8. The minimum absolute atomic E-state index is 0.0269. The fourth-order valence-electron chi connectivity index (χ4n) is 3.89. The van der Waals surface area contributed by atoms with Crippen LogP contribution in [0.5, 0.6) is 0 Å². The van der Waals surface area contributed by atoms with Gasteiger partial charge in [0, 0.05) is 28.4 Å². The number of carbonyl (C=O) groups excluding carboxylic acids is 1. The van der Waals surface area contributed by atoms with Crippen molar-refractivity contribution in [3.63, 3.8) is 0 Å². The van der Waals surface area contributed by atoms with Crippen LogP contribution in [0.3, 0.4) is 0 Å². The van der Waals surface area contributed by atoms with Crippen LogP contribution in [0.15, 0.2) is 23.6 Å². The number of nitrogens with one attached hydrogen (secondary N) is 1. The summed E-state index contributed by atoms with van der Waals surface area (Å²) in [6.07, 6.45) is 1.05. The summed E-state index contributed by atoms with van der Waals surface area (Å²) in [5.74, 6) is 0.0450. The third-order valence-corrected chi connectivity index (χ3v) is 6.41. The second kappa shape index (κ2) is 7.55. The molecule has 0 saturated carbocycles. The summed E-state index contributed by atoms with van der Waals surface area (Å²) in [7, 11) is 0. The first-order valence-corrected chi connectivity index (χ1v) is 10.7. The van der Waals surface area contributed by atoms with Gasteiger partial charge in [-0.25, -0.2) is 14.5 Å². The third-order valence-electron chi connectivity index (χ3n) is 5.36. The van der Waals surface area contributed by atoms with Gasteiger partial charge in [0.25, 0.3) is 0 Å². The Kier molecular flexibility index (Phi) is 5.08. The number of carbonyl (C=O) groups is 1. The maximum atomic E-state index is 12.5. The summed E-state index contributed by atoms with van der Waals surface area (Å²) in [5.41, 5.74) is 6.65. The van der Waals surface area contributed by atoms with Crippen molar-refractivity contribution in [3.05, 3.63) is 56.7 Å². The number of aryl methyl sites for hydroxylation is 4. The molecule has 0 saturated heterocycles. The summed E-state index contributed by atoms with van der Waals surface area (Å²) >= 11 is 1.66. The zero-order valence-electron chi connectivity index (χ0n) is 17.4. The molecule has 1 amide bonds. The van der Waals surface area contributed by atoms with Crippen LogP contribution in [0.2, 0.25) is 0 Å². The van der Waals surface area contributed by atoms with E-state index in [0.29, 0.717) is 12.8 Å². The van der Waals surface area contributed by atoms with Crippen molar-refractivity contribution >= 4 is 33.9 Å². The Morgan fingerprint density at radius 1 is 1.24 bits per heavy atom.